The van der Waals surface area contributed by atoms with Gasteiger partial charge in [0.25, 0.3) is 0 Å². The zero-order valence-electron chi connectivity index (χ0n) is 16.9. The number of sulfonamides is 1. The number of benzene rings is 2. The first kappa shape index (κ1) is 20.5. The van der Waals surface area contributed by atoms with Crippen LogP contribution in [0.25, 0.3) is 5.69 Å². The van der Waals surface area contributed by atoms with Crippen molar-refractivity contribution in [3.05, 3.63) is 60.4 Å². The molecule has 1 fully saturated rings. The SMILES string of the molecule is CCOc1ccc(CN(C2CCCC2)S(=O)(=O)c2ccc(-n3cnnn3)cc2)cc1. The Labute approximate surface area is 176 Å². The maximum absolute atomic E-state index is 13.5. The van der Waals surface area contributed by atoms with E-state index in [0.717, 1.165) is 37.0 Å². The number of tetrazole rings is 1. The molecule has 0 aliphatic heterocycles. The van der Waals surface area contributed by atoms with E-state index in [2.05, 4.69) is 15.5 Å². The van der Waals surface area contributed by atoms with Crippen LogP contribution in [0.3, 0.4) is 0 Å². The van der Waals surface area contributed by atoms with Crippen LogP contribution in [0, 0.1) is 0 Å². The zero-order chi connectivity index (χ0) is 21.0. The highest BCUT2D eigenvalue weighted by Crippen LogP contribution is 2.31. The Morgan fingerprint density at radius 2 is 1.77 bits per heavy atom. The molecule has 1 heterocycles. The average Bonchev–Trinajstić information content (AvgIpc) is 3.48. The second-order valence-corrected chi connectivity index (χ2v) is 9.20. The third kappa shape index (κ3) is 4.36. The minimum Gasteiger partial charge on any atom is -0.494 e. The predicted octanol–water partition coefficient (Wildman–Crippen LogP) is 3.19. The Morgan fingerprint density at radius 3 is 2.37 bits per heavy atom. The van der Waals surface area contributed by atoms with Gasteiger partial charge in [-0.05, 0) is 72.2 Å². The van der Waals surface area contributed by atoms with E-state index in [1.807, 2.05) is 31.2 Å². The number of aromatic nitrogens is 4. The molecule has 0 saturated heterocycles. The molecular weight excluding hydrogens is 402 g/mol. The van der Waals surface area contributed by atoms with Crippen molar-refractivity contribution in [1.29, 1.82) is 0 Å². The lowest BCUT2D eigenvalue weighted by Crippen LogP contribution is -2.38. The fourth-order valence-corrected chi connectivity index (χ4v) is 5.50. The number of hydrogen-bond donors (Lipinski definition) is 0. The van der Waals surface area contributed by atoms with Gasteiger partial charge in [-0.1, -0.05) is 25.0 Å². The van der Waals surface area contributed by atoms with Gasteiger partial charge in [0, 0.05) is 12.6 Å². The largest absolute Gasteiger partial charge is 0.494 e. The molecule has 1 aliphatic rings. The molecule has 30 heavy (non-hydrogen) atoms. The van der Waals surface area contributed by atoms with Gasteiger partial charge in [0.2, 0.25) is 10.0 Å². The van der Waals surface area contributed by atoms with E-state index < -0.39 is 10.0 Å². The molecule has 2 aromatic carbocycles. The third-order valence-corrected chi connectivity index (χ3v) is 7.27. The van der Waals surface area contributed by atoms with Gasteiger partial charge in [-0.2, -0.15) is 4.31 Å². The van der Waals surface area contributed by atoms with Crippen LogP contribution in [0.5, 0.6) is 5.75 Å². The molecule has 3 aromatic rings. The molecule has 8 nitrogen and oxygen atoms in total. The van der Waals surface area contributed by atoms with Crippen LogP contribution < -0.4 is 4.74 Å². The van der Waals surface area contributed by atoms with E-state index in [-0.39, 0.29) is 10.9 Å². The van der Waals surface area contributed by atoms with Gasteiger partial charge in [0.15, 0.2) is 0 Å². The maximum Gasteiger partial charge on any atom is 0.243 e. The summed E-state index contributed by atoms with van der Waals surface area (Å²) in [7, 11) is -3.65. The lowest BCUT2D eigenvalue weighted by Gasteiger charge is -2.28. The van der Waals surface area contributed by atoms with E-state index in [1.165, 1.54) is 11.0 Å². The summed E-state index contributed by atoms with van der Waals surface area (Å²) in [5.74, 6) is 0.787. The summed E-state index contributed by atoms with van der Waals surface area (Å²) >= 11 is 0. The van der Waals surface area contributed by atoms with Crippen molar-refractivity contribution < 1.29 is 13.2 Å². The smallest absolute Gasteiger partial charge is 0.243 e. The summed E-state index contributed by atoms with van der Waals surface area (Å²) in [5.41, 5.74) is 1.65. The van der Waals surface area contributed by atoms with Gasteiger partial charge < -0.3 is 4.74 Å². The quantitative estimate of drug-likeness (QED) is 0.548. The molecule has 158 valence electrons. The molecule has 1 aromatic heterocycles. The number of nitrogens with zero attached hydrogens (tertiary/aromatic N) is 5. The summed E-state index contributed by atoms with van der Waals surface area (Å²) < 4.78 is 35.7. The van der Waals surface area contributed by atoms with Crippen LogP contribution in [-0.4, -0.2) is 45.6 Å². The summed E-state index contributed by atoms with van der Waals surface area (Å²) in [6, 6.07) is 14.3. The summed E-state index contributed by atoms with van der Waals surface area (Å²) in [6.07, 6.45) is 5.36. The summed E-state index contributed by atoms with van der Waals surface area (Å²) in [4.78, 5) is 0.275. The lowest BCUT2D eigenvalue weighted by molar-refractivity contribution is 0.315. The molecule has 0 bridgehead atoms. The van der Waals surface area contributed by atoms with Crippen molar-refractivity contribution in [1.82, 2.24) is 24.5 Å². The van der Waals surface area contributed by atoms with Gasteiger partial charge in [-0.3, -0.25) is 0 Å². The Bertz CT molecular complexity index is 1050. The molecule has 9 heteroatoms. The van der Waals surface area contributed by atoms with E-state index in [9.17, 15) is 8.42 Å². The molecule has 0 N–H and O–H groups in total. The van der Waals surface area contributed by atoms with Gasteiger partial charge in [-0.25, -0.2) is 13.1 Å². The Morgan fingerprint density at radius 1 is 1.07 bits per heavy atom. The highest BCUT2D eigenvalue weighted by molar-refractivity contribution is 7.89. The first-order valence-corrected chi connectivity index (χ1v) is 11.6. The Hall–Kier alpha value is -2.78. The topological polar surface area (TPSA) is 90.2 Å². The second-order valence-electron chi connectivity index (χ2n) is 7.31. The number of rotatable bonds is 8. The Kier molecular flexibility index (Phi) is 6.10. The van der Waals surface area contributed by atoms with Crippen molar-refractivity contribution in [3.8, 4) is 11.4 Å². The first-order valence-electron chi connectivity index (χ1n) is 10.1. The molecular formula is C21H25N5O3S. The number of ether oxygens (including phenoxy) is 1. The standard InChI is InChI=1S/C21H25N5O3S/c1-2-29-20-11-7-17(8-12-20)15-26(19-5-3-4-6-19)30(27,28)21-13-9-18(10-14-21)25-16-22-23-24-25/h7-14,16,19H,2-6,15H2,1H3. The fourth-order valence-electron chi connectivity index (χ4n) is 3.83. The normalized spacial score (nSPS) is 15.0. The molecule has 0 unspecified atom stereocenters. The van der Waals surface area contributed by atoms with Crippen molar-refractivity contribution in [2.75, 3.05) is 6.61 Å². The summed E-state index contributed by atoms with van der Waals surface area (Å²) in [6.45, 7) is 2.88. The second kappa shape index (κ2) is 8.93. The average molecular weight is 428 g/mol. The molecule has 1 saturated carbocycles. The van der Waals surface area contributed by atoms with Crippen LogP contribution in [0.15, 0.2) is 59.8 Å². The van der Waals surface area contributed by atoms with E-state index >= 15 is 0 Å². The number of hydrogen-bond acceptors (Lipinski definition) is 6. The van der Waals surface area contributed by atoms with E-state index in [0.29, 0.717) is 18.8 Å². The molecule has 0 atom stereocenters. The predicted molar refractivity (Wildman–Crippen MR) is 112 cm³/mol. The molecule has 4 rings (SSSR count). The van der Waals surface area contributed by atoms with Crippen LogP contribution >= 0.6 is 0 Å². The minimum absolute atomic E-state index is 0.0146. The van der Waals surface area contributed by atoms with Gasteiger partial charge in [0.05, 0.1) is 17.2 Å². The molecule has 0 amide bonds. The maximum atomic E-state index is 13.5. The van der Waals surface area contributed by atoms with Gasteiger partial charge >= 0.3 is 0 Å². The first-order chi connectivity index (χ1) is 14.6. The Balaban J connectivity index is 1.60. The van der Waals surface area contributed by atoms with E-state index in [1.54, 1.807) is 28.6 Å². The molecule has 0 spiro atoms. The van der Waals surface area contributed by atoms with Crippen molar-refractivity contribution >= 4 is 10.0 Å². The van der Waals surface area contributed by atoms with Gasteiger partial charge in [-0.15, -0.1) is 5.10 Å². The van der Waals surface area contributed by atoms with Crippen LogP contribution in [0.1, 0.15) is 38.2 Å². The summed E-state index contributed by atoms with van der Waals surface area (Å²) in [5, 5.41) is 11.1. The fraction of sp³-hybridized carbons (Fsp3) is 0.381. The highest BCUT2D eigenvalue weighted by atomic mass is 32.2. The highest BCUT2D eigenvalue weighted by Gasteiger charge is 2.33. The zero-order valence-corrected chi connectivity index (χ0v) is 17.7. The van der Waals surface area contributed by atoms with Crippen LogP contribution in [0.4, 0.5) is 0 Å². The van der Waals surface area contributed by atoms with Crippen molar-refractivity contribution in [2.24, 2.45) is 0 Å². The van der Waals surface area contributed by atoms with E-state index in [4.69, 9.17) is 4.74 Å². The van der Waals surface area contributed by atoms with Gasteiger partial charge in [0.1, 0.15) is 12.1 Å². The van der Waals surface area contributed by atoms with Crippen LogP contribution in [-0.2, 0) is 16.6 Å². The monoisotopic (exact) mass is 427 g/mol. The molecule has 1 aliphatic carbocycles. The lowest BCUT2D eigenvalue weighted by atomic mass is 10.2. The van der Waals surface area contributed by atoms with Crippen LogP contribution in [0.2, 0.25) is 0 Å². The third-order valence-electron chi connectivity index (χ3n) is 5.36. The van der Waals surface area contributed by atoms with Crippen molar-refractivity contribution in [3.63, 3.8) is 0 Å². The molecule has 0 radical (unpaired) electrons. The minimum atomic E-state index is -3.65. The van der Waals surface area contributed by atoms with Crippen molar-refractivity contribution in [2.45, 2.75) is 50.1 Å².